The van der Waals surface area contributed by atoms with Crippen LogP contribution in [0.1, 0.15) is 32.0 Å². The predicted octanol–water partition coefficient (Wildman–Crippen LogP) is 1.51. The Morgan fingerprint density at radius 3 is 2.63 bits per heavy atom. The number of pyridine rings is 1. The van der Waals surface area contributed by atoms with E-state index in [9.17, 15) is 14.7 Å². The van der Waals surface area contributed by atoms with Gasteiger partial charge in [0.1, 0.15) is 11.4 Å². The van der Waals surface area contributed by atoms with Gasteiger partial charge in [-0.25, -0.2) is 0 Å². The van der Waals surface area contributed by atoms with Crippen molar-refractivity contribution in [3.05, 3.63) is 65.0 Å². The number of aromatic nitrogens is 1. The number of aromatic carboxylic acids is 1. The number of carboxylic acid groups (broad SMARTS) is 1. The van der Waals surface area contributed by atoms with Crippen molar-refractivity contribution in [2.75, 3.05) is 12.4 Å². The average molecular weight is 382 g/mol. The zero-order valence-electron chi connectivity index (χ0n) is 14.6. The maximum Gasteiger partial charge on any atom is 0.210 e. The number of carbonyl (C=O) groups is 2. The van der Waals surface area contributed by atoms with Crippen LogP contribution < -0.4 is 20.9 Å². The SMILES string of the molecule is COc1c(C)c(C(=O)c2ccc(NC(N)=S)c(C(=O)[O-])c2)n2ccccc12. The summed E-state index contributed by atoms with van der Waals surface area (Å²) in [6, 6.07) is 9.65. The lowest BCUT2D eigenvalue weighted by Gasteiger charge is -2.13. The molecule has 3 N–H and O–H groups in total. The van der Waals surface area contributed by atoms with Crippen LogP contribution in [-0.4, -0.2) is 28.4 Å². The molecule has 0 spiro atoms. The van der Waals surface area contributed by atoms with E-state index in [-0.39, 0.29) is 27.7 Å². The van der Waals surface area contributed by atoms with E-state index in [4.69, 9.17) is 22.7 Å². The molecule has 8 heteroatoms. The summed E-state index contributed by atoms with van der Waals surface area (Å²) >= 11 is 4.74. The van der Waals surface area contributed by atoms with E-state index in [2.05, 4.69) is 5.32 Å². The van der Waals surface area contributed by atoms with Gasteiger partial charge in [0.15, 0.2) is 5.11 Å². The molecule has 27 heavy (non-hydrogen) atoms. The Labute approximate surface area is 160 Å². The normalized spacial score (nSPS) is 10.6. The molecule has 0 aliphatic rings. The van der Waals surface area contributed by atoms with Crippen LogP contribution in [0.15, 0.2) is 42.6 Å². The summed E-state index contributed by atoms with van der Waals surface area (Å²) in [4.78, 5) is 24.6. The molecule has 0 unspecified atom stereocenters. The molecule has 0 bridgehead atoms. The van der Waals surface area contributed by atoms with Gasteiger partial charge in [0, 0.05) is 28.6 Å². The zero-order valence-corrected chi connectivity index (χ0v) is 15.4. The van der Waals surface area contributed by atoms with E-state index in [1.165, 1.54) is 25.3 Å². The van der Waals surface area contributed by atoms with Crippen molar-refractivity contribution in [1.82, 2.24) is 4.40 Å². The van der Waals surface area contributed by atoms with Crippen molar-refractivity contribution in [3.63, 3.8) is 0 Å². The first kappa shape index (κ1) is 18.4. The monoisotopic (exact) mass is 382 g/mol. The Bertz CT molecular complexity index is 1090. The molecule has 0 fully saturated rings. The molecule has 2 aromatic heterocycles. The highest BCUT2D eigenvalue weighted by Crippen LogP contribution is 2.32. The summed E-state index contributed by atoms with van der Waals surface area (Å²) in [5.74, 6) is -1.20. The summed E-state index contributed by atoms with van der Waals surface area (Å²) in [7, 11) is 1.54. The number of nitrogens with two attached hydrogens (primary N) is 1. The topological polar surface area (TPSA) is 109 Å². The lowest BCUT2D eigenvalue weighted by molar-refractivity contribution is -0.254. The Balaban J connectivity index is 2.16. The number of nitrogens with one attached hydrogen (secondary N) is 1. The summed E-state index contributed by atoms with van der Waals surface area (Å²) in [6.07, 6.45) is 1.75. The van der Waals surface area contributed by atoms with Crippen molar-refractivity contribution in [3.8, 4) is 5.75 Å². The molecule has 0 aliphatic carbocycles. The van der Waals surface area contributed by atoms with E-state index in [0.29, 0.717) is 17.0 Å². The van der Waals surface area contributed by atoms with Crippen LogP contribution >= 0.6 is 12.2 Å². The van der Waals surface area contributed by atoms with Crippen molar-refractivity contribution in [1.29, 1.82) is 0 Å². The molecule has 0 aliphatic heterocycles. The third kappa shape index (κ3) is 3.22. The fourth-order valence-corrected chi connectivity index (χ4v) is 3.18. The largest absolute Gasteiger partial charge is 0.545 e. The van der Waals surface area contributed by atoms with Crippen LogP contribution in [0, 0.1) is 6.92 Å². The van der Waals surface area contributed by atoms with Gasteiger partial charge < -0.3 is 30.1 Å². The number of hydrogen-bond acceptors (Lipinski definition) is 5. The van der Waals surface area contributed by atoms with Crippen LogP contribution in [0.25, 0.3) is 5.52 Å². The van der Waals surface area contributed by atoms with Gasteiger partial charge in [0.05, 0.1) is 18.6 Å². The van der Waals surface area contributed by atoms with Gasteiger partial charge in [-0.1, -0.05) is 6.07 Å². The van der Waals surface area contributed by atoms with E-state index in [1.807, 2.05) is 12.1 Å². The van der Waals surface area contributed by atoms with Crippen molar-refractivity contribution in [2.45, 2.75) is 6.92 Å². The van der Waals surface area contributed by atoms with E-state index < -0.39 is 5.97 Å². The Morgan fingerprint density at radius 2 is 2.00 bits per heavy atom. The fraction of sp³-hybridized carbons (Fsp3) is 0.105. The highest BCUT2D eigenvalue weighted by molar-refractivity contribution is 7.80. The molecule has 3 rings (SSSR count). The molecular weight excluding hydrogens is 366 g/mol. The molecule has 0 atom stereocenters. The molecule has 2 heterocycles. The second kappa shape index (κ2) is 7.08. The number of hydrogen-bond donors (Lipinski definition) is 2. The fourth-order valence-electron chi connectivity index (χ4n) is 3.07. The van der Waals surface area contributed by atoms with Gasteiger partial charge in [0.2, 0.25) is 5.78 Å². The number of ketones is 1. The quantitative estimate of drug-likeness (QED) is 0.508. The number of thiocarbonyl (C=S) groups is 1. The van der Waals surface area contributed by atoms with Crippen molar-refractivity contribution >= 4 is 40.3 Å². The lowest BCUT2D eigenvalue weighted by Crippen LogP contribution is -2.27. The molecule has 1 aromatic carbocycles. The second-order valence-electron chi connectivity index (χ2n) is 5.83. The molecule has 3 aromatic rings. The third-order valence-corrected chi connectivity index (χ3v) is 4.31. The first-order chi connectivity index (χ1) is 12.8. The number of anilines is 1. The van der Waals surface area contributed by atoms with Crippen molar-refractivity contribution < 1.29 is 19.4 Å². The first-order valence-electron chi connectivity index (χ1n) is 7.95. The molecule has 0 radical (unpaired) electrons. The Morgan fingerprint density at radius 1 is 1.26 bits per heavy atom. The number of ether oxygens (including phenoxy) is 1. The van der Waals surface area contributed by atoms with Crippen LogP contribution in [0.5, 0.6) is 5.75 Å². The number of carbonyl (C=O) groups excluding carboxylic acids is 2. The van der Waals surface area contributed by atoms with Gasteiger partial charge in [-0.05, 0) is 49.5 Å². The van der Waals surface area contributed by atoms with Gasteiger partial charge >= 0.3 is 0 Å². The van der Waals surface area contributed by atoms with Crippen LogP contribution in [0.4, 0.5) is 5.69 Å². The van der Waals surface area contributed by atoms with Crippen LogP contribution in [-0.2, 0) is 0 Å². The first-order valence-corrected chi connectivity index (χ1v) is 8.36. The molecule has 0 amide bonds. The third-order valence-electron chi connectivity index (χ3n) is 4.21. The molecule has 0 saturated carbocycles. The number of rotatable bonds is 5. The van der Waals surface area contributed by atoms with Crippen molar-refractivity contribution in [2.24, 2.45) is 5.73 Å². The lowest BCUT2D eigenvalue weighted by atomic mass is 10.0. The van der Waals surface area contributed by atoms with E-state index in [1.54, 1.807) is 23.6 Å². The second-order valence-corrected chi connectivity index (χ2v) is 6.27. The minimum Gasteiger partial charge on any atom is -0.545 e. The average Bonchev–Trinajstić information content (AvgIpc) is 2.91. The van der Waals surface area contributed by atoms with Gasteiger partial charge in [-0.15, -0.1) is 0 Å². The Hall–Kier alpha value is -3.39. The summed E-state index contributed by atoms with van der Waals surface area (Å²) in [5, 5.41) is 14.0. The number of benzene rings is 1. The Kier molecular flexibility index (Phi) is 4.83. The number of fused-ring (bicyclic) bond motifs is 1. The van der Waals surface area contributed by atoms with Crippen LogP contribution in [0.3, 0.4) is 0 Å². The summed E-state index contributed by atoms with van der Waals surface area (Å²) < 4.78 is 7.15. The minimum atomic E-state index is -1.45. The highest BCUT2D eigenvalue weighted by Gasteiger charge is 2.23. The van der Waals surface area contributed by atoms with Crippen LogP contribution in [0.2, 0.25) is 0 Å². The van der Waals surface area contributed by atoms with E-state index in [0.717, 1.165) is 5.52 Å². The zero-order chi connectivity index (χ0) is 19.7. The maximum atomic E-state index is 13.2. The van der Waals surface area contributed by atoms with Gasteiger partial charge in [0.25, 0.3) is 0 Å². The predicted molar refractivity (Wildman–Crippen MR) is 103 cm³/mol. The number of methoxy groups -OCH3 is 1. The van der Waals surface area contributed by atoms with Gasteiger partial charge in [-0.2, -0.15) is 0 Å². The minimum absolute atomic E-state index is 0.0882. The summed E-state index contributed by atoms with van der Waals surface area (Å²) in [6.45, 7) is 1.78. The standard InChI is InChI=1S/C19H17N3O4S/c1-10-15(22-8-4-3-5-14(22)17(10)26-2)16(23)11-6-7-13(21-19(20)27)12(9-11)18(24)25/h3-9H,1-2H3,(H,24,25)(H3,20,21,27)/p-1. The highest BCUT2D eigenvalue weighted by atomic mass is 32.1. The molecule has 138 valence electrons. The molecule has 0 saturated heterocycles. The maximum absolute atomic E-state index is 13.2. The summed E-state index contributed by atoms with van der Waals surface area (Å²) in [5.41, 5.74) is 7.34. The number of carboxylic acids is 1. The smallest absolute Gasteiger partial charge is 0.210 e. The molecule has 7 nitrogen and oxygen atoms in total. The number of nitrogens with zero attached hydrogens (tertiary/aromatic N) is 1. The van der Waals surface area contributed by atoms with E-state index >= 15 is 0 Å². The molecular formula is C19H16N3O4S-. The van der Waals surface area contributed by atoms with Gasteiger partial charge in [-0.3, -0.25) is 4.79 Å².